The van der Waals surface area contributed by atoms with E-state index in [0.29, 0.717) is 22.3 Å². The fourth-order valence-corrected chi connectivity index (χ4v) is 4.77. The molecule has 1 atom stereocenters. The van der Waals surface area contributed by atoms with Crippen LogP contribution in [0.15, 0.2) is 71.8 Å². The summed E-state index contributed by atoms with van der Waals surface area (Å²) in [6.07, 6.45) is -3.30. The summed E-state index contributed by atoms with van der Waals surface area (Å²) in [5.41, 5.74) is 1.29. The molecule has 4 rings (SSSR count). The first-order valence-electron chi connectivity index (χ1n) is 10.4. The Kier molecular flexibility index (Phi) is 7.12. The van der Waals surface area contributed by atoms with Crippen molar-refractivity contribution in [3.05, 3.63) is 77.7 Å². The summed E-state index contributed by atoms with van der Waals surface area (Å²) in [5.74, 6) is -0.616. The molecule has 0 saturated heterocycles. The van der Waals surface area contributed by atoms with Crippen molar-refractivity contribution in [1.82, 2.24) is 14.5 Å². The Balaban J connectivity index is 1.42. The van der Waals surface area contributed by atoms with Crippen molar-refractivity contribution in [3.8, 4) is 17.2 Å². The molecule has 0 unspecified atom stereocenters. The summed E-state index contributed by atoms with van der Waals surface area (Å²) in [5, 5.41) is 5.24. The molecule has 36 heavy (non-hydrogen) atoms. The Bertz CT molecular complexity index is 1470. The number of halogens is 5. The second kappa shape index (κ2) is 9.96. The predicted molar refractivity (Wildman–Crippen MR) is 124 cm³/mol. The Morgan fingerprint density at radius 3 is 2.39 bits per heavy atom. The van der Waals surface area contributed by atoms with Gasteiger partial charge in [-0.1, -0.05) is 11.6 Å². The van der Waals surface area contributed by atoms with Crippen LogP contribution in [-0.4, -0.2) is 37.2 Å². The lowest BCUT2D eigenvalue weighted by Gasteiger charge is -2.16. The van der Waals surface area contributed by atoms with Crippen molar-refractivity contribution in [3.63, 3.8) is 0 Å². The Morgan fingerprint density at radius 2 is 1.75 bits per heavy atom. The van der Waals surface area contributed by atoms with E-state index in [2.05, 4.69) is 14.6 Å². The van der Waals surface area contributed by atoms with E-state index in [1.54, 1.807) is 42.1 Å². The summed E-state index contributed by atoms with van der Waals surface area (Å²) >= 11 is 6.36. The molecular formula is C23H18ClF4N3O4S. The molecule has 4 aromatic rings. The van der Waals surface area contributed by atoms with Gasteiger partial charge in [-0.25, -0.2) is 22.2 Å². The first-order chi connectivity index (χ1) is 16.9. The van der Waals surface area contributed by atoms with Crippen molar-refractivity contribution < 1.29 is 35.5 Å². The standard InChI is InChI=1S/C23H18ClF4N3O4S/c1-14(30-36(32,33)19-8-6-18(7-9-19)35-23(26,27)28)13-34-22-10-15-12-29-31(21(15)11-20(22)24)17-4-2-16(25)3-5-17/h2-12,14,30H,13H2,1H3/t14-/m0/s1. The minimum absolute atomic E-state index is 0.0914. The zero-order valence-electron chi connectivity index (χ0n) is 18.5. The van der Waals surface area contributed by atoms with E-state index in [1.807, 2.05) is 0 Å². The van der Waals surface area contributed by atoms with Crippen molar-refractivity contribution in [2.45, 2.75) is 24.2 Å². The maximum absolute atomic E-state index is 13.2. The van der Waals surface area contributed by atoms with Gasteiger partial charge in [-0.3, -0.25) is 0 Å². The van der Waals surface area contributed by atoms with Crippen LogP contribution < -0.4 is 14.2 Å². The largest absolute Gasteiger partial charge is 0.573 e. The monoisotopic (exact) mass is 543 g/mol. The maximum Gasteiger partial charge on any atom is 0.573 e. The lowest BCUT2D eigenvalue weighted by atomic mass is 10.2. The van der Waals surface area contributed by atoms with E-state index in [9.17, 15) is 26.0 Å². The molecule has 1 N–H and O–H groups in total. The van der Waals surface area contributed by atoms with E-state index in [-0.39, 0.29) is 22.3 Å². The molecule has 0 aliphatic heterocycles. The molecule has 0 spiro atoms. The van der Waals surface area contributed by atoms with Crippen LogP contribution in [0.1, 0.15) is 6.92 Å². The van der Waals surface area contributed by atoms with Crippen LogP contribution in [0.4, 0.5) is 17.6 Å². The van der Waals surface area contributed by atoms with Crippen LogP contribution in [0.5, 0.6) is 11.5 Å². The lowest BCUT2D eigenvalue weighted by Crippen LogP contribution is -2.36. The Morgan fingerprint density at radius 1 is 1.08 bits per heavy atom. The van der Waals surface area contributed by atoms with Gasteiger partial charge in [0.25, 0.3) is 0 Å². The van der Waals surface area contributed by atoms with Crippen LogP contribution in [0, 0.1) is 5.82 Å². The normalized spacial score (nSPS) is 13.1. The molecule has 0 bridgehead atoms. The molecule has 13 heteroatoms. The molecule has 1 aromatic heterocycles. The summed E-state index contributed by atoms with van der Waals surface area (Å²) in [6.45, 7) is 1.46. The average molecular weight is 544 g/mol. The van der Waals surface area contributed by atoms with E-state index >= 15 is 0 Å². The molecule has 7 nitrogen and oxygen atoms in total. The second-order valence-corrected chi connectivity index (χ2v) is 9.85. The number of ether oxygens (including phenoxy) is 2. The summed E-state index contributed by atoms with van der Waals surface area (Å²) < 4.78 is 88.6. The lowest BCUT2D eigenvalue weighted by molar-refractivity contribution is -0.274. The first kappa shape index (κ1) is 25.7. The second-order valence-electron chi connectivity index (χ2n) is 7.73. The number of alkyl halides is 3. The number of rotatable bonds is 8. The van der Waals surface area contributed by atoms with Gasteiger partial charge in [0.15, 0.2) is 0 Å². The molecule has 1 heterocycles. The molecule has 0 saturated carbocycles. The molecule has 190 valence electrons. The van der Waals surface area contributed by atoms with Crippen molar-refractivity contribution in [2.24, 2.45) is 0 Å². The number of nitrogens with one attached hydrogen (secondary N) is 1. The van der Waals surface area contributed by atoms with Crippen molar-refractivity contribution in [1.29, 1.82) is 0 Å². The van der Waals surface area contributed by atoms with E-state index in [4.69, 9.17) is 16.3 Å². The zero-order valence-corrected chi connectivity index (χ0v) is 20.0. The molecule has 0 aliphatic rings. The van der Waals surface area contributed by atoms with Crippen molar-refractivity contribution in [2.75, 3.05) is 6.61 Å². The van der Waals surface area contributed by atoms with Crippen LogP contribution >= 0.6 is 11.6 Å². The van der Waals surface area contributed by atoms with Gasteiger partial charge in [-0.15, -0.1) is 13.2 Å². The number of nitrogens with zero attached hydrogens (tertiary/aromatic N) is 2. The van der Waals surface area contributed by atoms with E-state index in [1.165, 1.54) is 12.1 Å². The van der Waals surface area contributed by atoms with Gasteiger partial charge >= 0.3 is 6.36 Å². The third-order valence-corrected chi connectivity index (χ3v) is 6.81. The summed E-state index contributed by atoms with van der Waals surface area (Å²) in [6, 6.07) is 12.2. The highest BCUT2D eigenvalue weighted by molar-refractivity contribution is 7.89. The topological polar surface area (TPSA) is 82.5 Å². The Labute approximate surface area is 208 Å². The number of sulfonamides is 1. The Hall–Kier alpha value is -3.35. The van der Waals surface area contributed by atoms with Gasteiger partial charge in [-0.2, -0.15) is 5.10 Å². The number of benzene rings is 3. The van der Waals surface area contributed by atoms with Gasteiger partial charge in [0.1, 0.15) is 23.9 Å². The highest BCUT2D eigenvalue weighted by Crippen LogP contribution is 2.31. The van der Waals surface area contributed by atoms with Crippen LogP contribution in [-0.2, 0) is 10.0 Å². The fourth-order valence-electron chi connectivity index (χ4n) is 3.33. The van der Waals surface area contributed by atoms with Gasteiger partial charge in [-0.05, 0) is 67.6 Å². The van der Waals surface area contributed by atoms with Gasteiger partial charge in [0.2, 0.25) is 10.0 Å². The van der Waals surface area contributed by atoms with E-state index < -0.39 is 28.2 Å². The molecule has 0 amide bonds. The third kappa shape index (κ3) is 6.07. The van der Waals surface area contributed by atoms with Crippen molar-refractivity contribution >= 4 is 32.5 Å². The van der Waals surface area contributed by atoms with Crippen LogP contribution in [0.3, 0.4) is 0 Å². The number of hydrogen-bond acceptors (Lipinski definition) is 5. The average Bonchev–Trinajstić information content (AvgIpc) is 3.19. The summed E-state index contributed by atoms with van der Waals surface area (Å²) in [7, 11) is -4.04. The van der Waals surface area contributed by atoms with Gasteiger partial charge < -0.3 is 9.47 Å². The predicted octanol–water partition coefficient (Wildman–Crippen LogP) is 5.46. The zero-order chi connectivity index (χ0) is 26.1. The van der Waals surface area contributed by atoms with E-state index in [0.717, 1.165) is 24.3 Å². The first-order valence-corrected chi connectivity index (χ1v) is 12.2. The minimum atomic E-state index is -4.88. The molecular weight excluding hydrogens is 526 g/mol. The molecule has 0 fully saturated rings. The van der Waals surface area contributed by atoms with Crippen LogP contribution in [0.25, 0.3) is 16.6 Å². The third-order valence-electron chi connectivity index (χ3n) is 4.91. The number of fused-ring (bicyclic) bond motifs is 1. The SMILES string of the molecule is C[C@@H](COc1cc2cnn(-c3ccc(F)cc3)c2cc1Cl)NS(=O)(=O)c1ccc(OC(F)(F)F)cc1. The maximum atomic E-state index is 13.2. The van der Waals surface area contributed by atoms with Gasteiger partial charge in [0.05, 0.1) is 33.4 Å². The highest BCUT2D eigenvalue weighted by Gasteiger charge is 2.31. The fraction of sp³-hybridized carbons (Fsp3) is 0.174. The van der Waals surface area contributed by atoms with Crippen LogP contribution in [0.2, 0.25) is 5.02 Å². The molecule has 3 aromatic carbocycles. The number of hydrogen-bond donors (Lipinski definition) is 1. The minimum Gasteiger partial charge on any atom is -0.490 e. The molecule has 0 aliphatic carbocycles. The highest BCUT2D eigenvalue weighted by atomic mass is 35.5. The summed E-state index contributed by atoms with van der Waals surface area (Å²) in [4.78, 5) is -0.239. The smallest absolute Gasteiger partial charge is 0.490 e. The van der Waals surface area contributed by atoms with Gasteiger partial charge in [0, 0.05) is 5.39 Å². The quantitative estimate of drug-likeness (QED) is 0.298. The molecule has 0 radical (unpaired) electrons. The number of aromatic nitrogens is 2.